The Kier molecular flexibility index (Phi) is 1.71. The van der Waals surface area contributed by atoms with E-state index in [0.29, 0.717) is 6.17 Å². The number of nitrogens with one attached hydrogen (secondary N) is 3. The van der Waals surface area contributed by atoms with Gasteiger partial charge in [-0.25, -0.2) is 0 Å². The van der Waals surface area contributed by atoms with Crippen molar-refractivity contribution in [2.75, 3.05) is 19.9 Å². The van der Waals surface area contributed by atoms with Gasteiger partial charge in [-0.05, 0) is 6.92 Å². The van der Waals surface area contributed by atoms with Gasteiger partial charge in [-0.1, -0.05) is 0 Å². The molecule has 0 aliphatic carbocycles. The van der Waals surface area contributed by atoms with Gasteiger partial charge < -0.3 is 10.2 Å². The van der Waals surface area contributed by atoms with Crippen molar-refractivity contribution < 1.29 is 0 Å². The highest BCUT2D eigenvalue weighted by Crippen LogP contribution is 2.07. The predicted octanol–water partition coefficient (Wildman–Crippen LogP) is -0.813. The molecule has 0 bridgehead atoms. The van der Waals surface area contributed by atoms with Crippen LogP contribution in [0, 0.1) is 0 Å². The maximum Gasteiger partial charge on any atom is 0.103 e. The first kappa shape index (κ1) is 6.94. The molecule has 2 aliphatic heterocycles. The van der Waals surface area contributed by atoms with E-state index in [2.05, 4.69) is 34.0 Å². The average Bonchev–Trinajstić information content (AvgIpc) is 2.50. The van der Waals surface area contributed by atoms with Crippen molar-refractivity contribution in [3.8, 4) is 0 Å². The minimum Gasteiger partial charge on any atom is -0.372 e. The Bertz CT molecular complexity index is 177. The van der Waals surface area contributed by atoms with Crippen LogP contribution in [0.1, 0.15) is 6.92 Å². The predicted molar refractivity (Wildman–Crippen MR) is 43.4 cm³/mol. The van der Waals surface area contributed by atoms with E-state index in [0.717, 1.165) is 19.9 Å². The van der Waals surface area contributed by atoms with Crippen molar-refractivity contribution >= 4 is 0 Å². The lowest BCUT2D eigenvalue weighted by Gasteiger charge is -2.28. The molecule has 62 valence electrons. The zero-order valence-electron chi connectivity index (χ0n) is 6.72. The van der Waals surface area contributed by atoms with Crippen LogP contribution in [0.2, 0.25) is 0 Å². The average molecular weight is 154 g/mol. The summed E-state index contributed by atoms with van der Waals surface area (Å²) in [4.78, 5) is 2.24. The number of fused-ring (bicyclic) bond motifs is 1. The van der Waals surface area contributed by atoms with Crippen LogP contribution in [-0.2, 0) is 0 Å². The molecule has 2 rings (SSSR count). The van der Waals surface area contributed by atoms with Crippen molar-refractivity contribution in [3.63, 3.8) is 0 Å². The van der Waals surface area contributed by atoms with Crippen LogP contribution in [0.25, 0.3) is 0 Å². The van der Waals surface area contributed by atoms with Gasteiger partial charge in [0.2, 0.25) is 0 Å². The molecule has 1 atom stereocenters. The first-order chi connectivity index (χ1) is 5.40. The fourth-order valence-electron chi connectivity index (χ4n) is 1.42. The van der Waals surface area contributed by atoms with Crippen LogP contribution < -0.4 is 16.0 Å². The third-order valence-corrected chi connectivity index (χ3v) is 2.14. The quantitative estimate of drug-likeness (QED) is 0.462. The normalized spacial score (nSPS) is 29.4. The lowest BCUT2D eigenvalue weighted by molar-refractivity contribution is 0.307. The van der Waals surface area contributed by atoms with Crippen LogP contribution >= 0.6 is 0 Å². The molecule has 0 amide bonds. The van der Waals surface area contributed by atoms with E-state index in [-0.39, 0.29) is 0 Å². The van der Waals surface area contributed by atoms with Crippen molar-refractivity contribution in [2.45, 2.75) is 13.1 Å². The molecule has 4 heteroatoms. The molecule has 4 nitrogen and oxygen atoms in total. The molecule has 1 saturated heterocycles. The maximum atomic E-state index is 3.37. The zero-order chi connectivity index (χ0) is 7.68. The lowest BCUT2D eigenvalue weighted by Crippen LogP contribution is -2.47. The van der Waals surface area contributed by atoms with E-state index in [9.17, 15) is 0 Å². The monoisotopic (exact) mass is 154 g/mol. The molecular weight excluding hydrogens is 140 g/mol. The Morgan fingerprint density at radius 2 is 2.55 bits per heavy atom. The summed E-state index contributed by atoms with van der Waals surface area (Å²) in [7, 11) is 0. The van der Waals surface area contributed by atoms with Gasteiger partial charge in [0, 0.05) is 12.7 Å². The summed E-state index contributed by atoms with van der Waals surface area (Å²) in [6, 6.07) is 0. The molecule has 2 heterocycles. The summed E-state index contributed by atoms with van der Waals surface area (Å²) < 4.78 is 0. The Hall–Kier alpha value is -0.740. The highest BCUT2D eigenvalue weighted by molar-refractivity contribution is 5.13. The topological polar surface area (TPSA) is 39.3 Å². The van der Waals surface area contributed by atoms with Crippen LogP contribution in [0.5, 0.6) is 0 Å². The van der Waals surface area contributed by atoms with E-state index in [4.69, 9.17) is 0 Å². The van der Waals surface area contributed by atoms with Crippen LogP contribution in [0.15, 0.2) is 11.9 Å². The first-order valence-corrected chi connectivity index (χ1v) is 4.06. The SMILES string of the molecule is CCN1C=C2NCNC2NC1. The van der Waals surface area contributed by atoms with E-state index in [1.807, 2.05) is 0 Å². The third-order valence-electron chi connectivity index (χ3n) is 2.14. The molecule has 1 unspecified atom stereocenters. The molecule has 0 spiro atoms. The second-order valence-electron chi connectivity index (χ2n) is 2.84. The smallest absolute Gasteiger partial charge is 0.103 e. The molecule has 0 aromatic rings. The molecular formula is C7H14N4. The van der Waals surface area contributed by atoms with Gasteiger partial charge in [-0.15, -0.1) is 0 Å². The van der Waals surface area contributed by atoms with Gasteiger partial charge in [0.1, 0.15) is 6.17 Å². The van der Waals surface area contributed by atoms with Crippen molar-refractivity contribution in [1.82, 2.24) is 20.9 Å². The first-order valence-electron chi connectivity index (χ1n) is 4.06. The second kappa shape index (κ2) is 2.71. The second-order valence-corrected chi connectivity index (χ2v) is 2.84. The molecule has 1 fully saturated rings. The lowest BCUT2D eigenvalue weighted by atomic mass is 10.3. The summed E-state index contributed by atoms with van der Waals surface area (Å²) >= 11 is 0. The number of hydrogen-bond donors (Lipinski definition) is 3. The van der Waals surface area contributed by atoms with Crippen LogP contribution in [0.3, 0.4) is 0 Å². The minimum absolute atomic E-state index is 0.359. The molecule has 0 aromatic carbocycles. The molecule has 0 aromatic heterocycles. The van der Waals surface area contributed by atoms with E-state index < -0.39 is 0 Å². The molecule has 3 N–H and O–H groups in total. The highest BCUT2D eigenvalue weighted by atomic mass is 15.4. The maximum absolute atomic E-state index is 3.37. The Balaban J connectivity index is 2.09. The van der Waals surface area contributed by atoms with Crippen molar-refractivity contribution in [3.05, 3.63) is 11.9 Å². The minimum atomic E-state index is 0.359. The summed E-state index contributed by atoms with van der Waals surface area (Å²) in [5.41, 5.74) is 1.26. The largest absolute Gasteiger partial charge is 0.372 e. The highest BCUT2D eigenvalue weighted by Gasteiger charge is 2.23. The fourth-order valence-corrected chi connectivity index (χ4v) is 1.42. The standard InChI is InChI=1S/C7H14N4/c1-2-11-3-6-7(10-5-11)9-4-8-6/h3,7-10H,2,4-5H2,1H3. The van der Waals surface area contributed by atoms with Crippen molar-refractivity contribution in [1.29, 1.82) is 0 Å². The van der Waals surface area contributed by atoms with Crippen LogP contribution in [0.4, 0.5) is 0 Å². The number of nitrogens with zero attached hydrogens (tertiary/aromatic N) is 1. The van der Waals surface area contributed by atoms with Crippen molar-refractivity contribution in [2.24, 2.45) is 0 Å². The van der Waals surface area contributed by atoms with Gasteiger partial charge in [0.05, 0.1) is 19.0 Å². The summed E-state index contributed by atoms with van der Waals surface area (Å²) in [5.74, 6) is 0. The van der Waals surface area contributed by atoms with Gasteiger partial charge >= 0.3 is 0 Å². The molecule has 0 radical (unpaired) electrons. The summed E-state index contributed by atoms with van der Waals surface area (Å²) in [5, 5.41) is 9.92. The molecule has 2 aliphatic rings. The number of rotatable bonds is 1. The fraction of sp³-hybridized carbons (Fsp3) is 0.714. The Morgan fingerprint density at radius 3 is 3.36 bits per heavy atom. The van der Waals surface area contributed by atoms with Gasteiger partial charge in [0.25, 0.3) is 0 Å². The van der Waals surface area contributed by atoms with Gasteiger partial charge in [-0.3, -0.25) is 10.6 Å². The third kappa shape index (κ3) is 1.19. The van der Waals surface area contributed by atoms with Gasteiger partial charge in [0.15, 0.2) is 0 Å². The van der Waals surface area contributed by atoms with Crippen LogP contribution in [-0.4, -0.2) is 30.9 Å². The zero-order valence-corrected chi connectivity index (χ0v) is 6.72. The Morgan fingerprint density at radius 1 is 1.64 bits per heavy atom. The van der Waals surface area contributed by atoms with E-state index in [1.165, 1.54) is 5.70 Å². The van der Waals surface area contributed by atoms with Gasteiger partial charge in [-0.2, -0.15) is 0 Å². The van der Waals surface area contributed by atoms with E-state index in [1.54, 1.807) is 0 Å². The summed E-state index contributed by atoms with van der Waals surface area (Å²) in [6.45, 7) is 5.03. The summed E-state index contributed by atoms with van der Waals surface area (Å²) in [6.07, 6.45) is 2.54. The molecule has 0 saturated carbocycles. The number of hydrogen-bond acceptors (Lipinski definition) is 4. The van der Waals surface area contributed by atoms with E-state index >= 15 is 0 Å². The Labute approximate surface area is 66.6 Å². The molecule has 11 heavy (non-hydrogen) atoms.